The number of hydrogen-bond donors (Lipinski definition) is 1. The maximum Gasteiger partial charge on any atom is 0.223 e. The zero-order valence-corrected chi connectivity index (χ0v) is 13.1. The first kappa shape index (κ1) is 16.4. The SMILES string of the molecule is CC(C)CN(CCC(=O)N1CCNCC1)CC(C)C. The molecule has 0 bridgehead atoms. The summed E-state index contributed by atoms with van der Waals surface area (Å²) in [6, 6.07) is 0. The number of nitrogens with one attached hydrogen (secondary N) is 1. The van der Waals surface area contributed by atoms with Crippen molar-refractivity contribution in [1.82, 2.24) is 15.1 Å². The molecule has 1 aliphatic heterocycles. The summed E-state index contributed by atoms with van der Waals surface area (Å²) in [4.78, 5) is 16.6. The van der Waals surface area contributed by atoms with Crippen molar-refractivity contribution >= 4 is 5.91 Å². The van der Waals surface area contributed by atoms with Crippen LogP contribution in [-0.2, 0) is 4.79 Å². The molecule has 1 rings (SSSR count). The van der Waals surface area contributed by atoms with Gasteiger partial charge in [0.1, 0.15) is 0 Å². The summed E-state index contributed by atoms with van der Waals surface area (Å²) in [6.07, 6.45) is 0.666. The maximum absolute atomic E-state index is 12.1. The summed E-state index contributed by atoms with van der Waals surface area (Å²) in [7, 11) is 0. The van der Waals surface area contributed by atoms with Crippen LogP contribution in [-0.4, -0.2) is 61.5 Å². The van der Waals surface area contributed by atoms with E-state index in [4.69, 9.17) is 0 Å². The van der Waals surface area contributed by atoms with Crippen LogP contribution in [0.1, 0.15) is 34.1 Å². The molecule has 0 aromatic rings. The van der Waals surface area contributed by atoms with Crippen molar-refractivity contribution in [3.63, 3.8) is 0 Å². The summed E-state index contributed by atoms with van der Waals surface area (Å²) in [6.45, 7) is 15.7. The lowest BCUT2D eigenvalue weighted by Crippen LogP contribution is -2.47. The molecule has 1 N–H and O–H groups in total. The average Bonchev–Trinajstić information content (AvgIpc) is 2.35. The van der Waals surface area contributed by atoms with Crippen molar-refractivity contribution in [2.45, 2.75) is 34.1 Å². The second-order valence-electron chi connectivity index (χ2n) is 6.43. The van der Waals surface area contributed by atoms with Gasteiger partial charge < -0.3 is 15.1 Å². The van der Waals surface area contributed by atoms with Crippen LogP contribution in [0, 0.1) is 11.8 Å². The predicted molar refractivity (Wildman–Crippen MR) is 80.2 cm³/mol. The molecule has 0 spiro atoms. The Balaban J connectivity index is 2.34. The molecule has 0 aromatic carbocycles. The van der Waals surface area contributed by atoms with Crippen molar-refractivity contribution in [3.05, 3.63) is 0 Å². The van der Waals surface area contributed by atoms with Gasteiger partial charge in [0.15, 0.2) is 0 Å². The standard InChI is InChI=1S/C15H31N3O/c1-13(2)11-17(12-14(3)4)8-5-15(19)18-9-6-16-7-10-18/h13-14,16H,5-12H2,1-4H3. The Morgan fingerprint density at radius 1 is 1.11 bits per heavy atom. The minimum absolute atomic E-state index is 0.319. The summed E-state index contributed by atoms with van der Waals surface area (Å²) in [5.74, 6) is 1.64. The van der Waals surface area contributed by atoms with Gasteiger partial charge in [-0.05, 0) is 11.8 Å². The van der Waals surface area contributed by atoms with Crippen LogP contribution in [0.3, 0.4) is 0 Å². The van der Waals surface area contributed by atoms with Gasteiger partial charge in [0, 0.05) is 52.2 Å². The quantitative estimate of drug-likeness (QED) is 0.759. The van der Waals surface area contributed by atoms with Crippen LogP contribution in [0.15, 0.2) is 0 Å². The molecule has 1 amide bonds. The molecule has 0 atom stereocenters. The maximum atomic E-state index is 12.1. The van der Waals surface area contributed by atoms with Crippen molar-refractivity contribution in [2.75, 3.05) is 45.8 Å². The van der Waals surface area contributed by atoms with Gasteiger partial charge in [0.25, 0.3) is 0 Å². The summed E-state index contributed by atoms with van der Waals surface area (Å²) >= 11 is 0. The highest BCUT2D eigenvalue weighted by Gasteiger charge is 2.17. The fourth-order valence-corrected chi connectivity index (χ4v) is 2.62. The van der Waals surface area contributed by atoms with E-state index in [-0.39, 0.29) is 0 Å². The molecule has 4 nitrogen and oxygen atoms in total. The third-order valence-corrected chi connectivity index (χ3v) is 3.36. The van der Waals surface area contributed by atoms with E-state index in [1.807, 2.05) is 4.90 Å². The topological polar surface area (TPSA) is 35.6 Å². The third-order valence-electron chi connectivity index (χ3n) is 3.36. The number of amides is 1. The molecule has 0 aromatic heterocycles. The van der Waals surface area contributed by atoms with Crippen LogP contribution in [0.4, 0.5) is 0 Å². The number of carbonyl (C=O) groups excluding carboxylic acids is 1. The normalized spacial score (nSPS) is 16.7. The van der Waals surface area contributed by atoms with E-state index in [2.05, 4.69) is 37.9 Å². The second kappa shape index (κ2) is 8.54. The van der Waals surface area contributed by atoms with E-state index < -0.39 is 0 Å². The van der Waals surface area contributed by atoms with E-state index in [0.29, 0.717) is 24.2 Å². The molecule has 19 heavy (non-hydrogen) atoms. The van der Waals surface area contributed by atoms with Crippen LogP contribution < -0.4 is 5.32 Å². The van der Waals surface area contributed by atoms with Gasteiger partial charge in [-0.2, -0.15) is 0 Å². The van der Waals surface area contributed by atoms with Gasteiger partial charge in [0.2, 0.25) is 5.91 Å². The Morgan fingerprint density at radius 3 is 2.11 bits per heavy atom. The van der Waals surface area contributed by atoms with E-state index in [1.54, 1.807) is 0 Å². The molecule has 0 radical (unpaired) electrons. The van der Waals surface area contributed by atoms with E-state index in [9.17, 15) is 4.79 Å². The summed E-state index contributed by atoms with van der Waals surface area (Å²) in [5, 5.41) is 3.28. The first-order valence-electron chi connectivity index (χ1n) is 7.70. The lowest BCUT2D eigenvalue weighted by atomic mass is 10.1. The second-order valence-corrected chi connectivity index (χ2v) is 6.43. The molecular formula is C15H31N3O. The molecule has 1 saturated heterocycles. The van der Waals surface area contributed by atoms with Crippen molar-refractivity contribution in [2.24, 2.45) is 11.8 Å². The fourth-order valence-electron chi connectivity index (χ4n) is 2.62. The first-order valence-corrected chi connectivity index (χ1v) is 7.70. The molecule has 1 heterocycles. The molecule has 0 saturated carbocycles. The third kappa shape index (κ3) is 6.92. The molecule has 0 unspecified atom stereocenters. The van der Waals surface area contributed by atoms with Gasteiger partial charge in [-0.3, -0.25) is 4.79 Å². The zero-order valence-electron chi connectivity index (χ0n) is 13.1. The lowest BCUT2D eigenvalue weighted by Gasteiger charge is -2.30. The van der Waals surface area contributed by atoms with Gasteiger partial charge in [-0.1, -0.05) is 27.7 Å². The highest BCUT2D eigenvalue weighted by atomic mass is 16.2. The summed E-state index contributed by atoms with van der Waals surface area (Å²) in [5.41, 5.74) is 0. The molecule has 0 aliphatic carbocycles. The molecule has 112 valence electrons. The molecular weight excluding hydrogens is 238 g/mol. The first-order chi connectivity index (χ1) is 8.99. The molecule has 1 aliphatic rings. The number of nitrogens with zero attached hydrogens (tertiary/aromatic N) is 2. The highest BCUT2D eigenvalue weighted by molar-refractivity contribution is 5.76. The predicted octanol–water partition coefficient (Wildman–Crippen LogP) is 1.42. The van der Waals surface area contributed by atoms with Crippen molar-refractivity contribution < 1.29 is 4.79 Å². The Bertz CT molecular complexity index is 250. The zero-order chi connectivity index (χ0) is 14.3. The average molecular weight is 269 g/mol. The monoisotopic (exact) mass is 269 g/mol. The lowest BCUT2D eigenvalue weighted by molar-refractivity contribution is -0.132. The minimum Gasteiger partial charge on any atom is -0.340 e. The molecule has 4 heteroatoms. The Morgan fingerprint density at radius 2 is 1.63 bits per heavy atom. The van der Waals surface area contributed by atoms with Crippen LogP contribution >= 0.6 is 0 Å². The van der Waals surface area contributed by atoms with E-state index in [0.717, 1.165) is 45.8 Å². The van der Waals surface area contributed by atoms with Crippen LogP contribution in [0.25, 0.3) is 0 Å². The Kier molecular flexibility index (Phi) is 7.39. The molecule has 1 fully saturated rings. The van der Waals surface area contributed by atoms with Crippen molar-refractivity contribution in [3.8, 4) is 0 Å². The smallest absolute Gasteiger partial charge is 0.223 e. The summed E-state index contributed by atoms with van der Waals surface area (Å²) < 4.78 is 0. The number of hydrogen-bond acceptors (Lipinski definition) is 3. The van der Waals surface area contributed by atoms with Gasteiger partial charge >= 0.3 is 0 Å². The Labute approximate surface area is 118 Å². The fraction of sp³-hybridized carbons (Fsp3) is 0.933. The van der Waals surface area contributed by atoms with Crippen molar-refractivity contribution in [1.29, 1.82) is 0 Å². The van der Waals surface area contributed by atoms with E-state index in [1.165, 1.54) is 0 Å². The largest absolute Gasteiger partial charge is 0.340 e. The number of piperazine rings is 1. The van der Waals surface area contributed by atoms with Crippen LogP contribution in [0.2, 0.25) is 0 Å². The van der Waals surface area contributed by atoms with Gasteiger partial charge in [-0.25, -0.2) is 0 Å². The minimum atomic E-state index is 0.319. The Hall–Kier alpha value is -0.610. The van der Waals surface area contributed by atoms with Crippen LogP contribution in [0.5, 0.6) is 0 Å². The number of rotatable bonds is 7. The van der Waals surface area contributed by atoms with E-state index >= 15 is 0 Å². The number of carbonyl (C=O) groups is 1. The van der Waals surface area contributed by atoms with Gasteiger partial charge in [0.05, 0.1) is 0 Å². The van der Waals surface area contributed by atoms with Gasteiger partial charge in [-0.15, -0.1) is 0 Å². The highest BCUT2D eigenvalue weighted by Crippen LogP contribution is 2.06.